The molecule has 0 aliphatic carbocycles. The third kappa shape index (κ3) is 3.13. The molecule has 0 heterocycles. The van der Waals surface area contributed by atoms with Crippen molar-refractivity contribution in [3.8, 4) is 0 Å². The molecule has 0 spiro atoms. The van der Waals surface area contributed by atoms with E-state index in [2.05, 4.69) is 0 Å². The second-order valence-corrected chi connectivity index (χ2v) is 3.77. The van der Waals surface area contributed by atoms with Crippen LogP contribution in [0.3, 0.4) is 0 Å². The van der Waals surface area contributed by atoms with E-state index in [0.29, 0.717) is 24.1 Å². The van der Waals surface area contributed by atoms with E-state index < -0.39 is 12.2 Å². The summed E-state index contributed by atoms with van der Waals surface area (Å²) < 4.78 is 0. The molecule has 2 atom stereocenters. The molecule has 16 heavy (non-hydrogen) atoms. The zero-order chi connectivity index (χ0) is 12.1. The van der Waals surface area contributed by atoms with E-state index in [-0.39, 0.29) is 5.78 Å². The first-order valence-corrected chi connectivity index (χ1v) is 5.23. The van der Waals surface area contributed by atoms with Crippen LogP contribution in [0.5, 0.6) is 0 Å². The van der Waals surface area contributed by atoms with Crippen molar-refractivity contribution in [2.24, 2.45) is 5.73 Å². The van der Waals surface area contributed by atoms with Gasteiger partial charge in [-0.3, -0.25) is 4.79 Å². The quantitative estimate of drug-likeness (QED) is 0.639. The molecule has 1 aromatic carbocycles. The SMILES string of the molecule is CC(=O)c1ccc(C(O)C(O)CCN)cc1. The van der Waals surface area contributed by atoms with Crippen LogP contribution in [0.15, 0.2) is 24.3 Å². The Hall–Kier alpha value is -1.23. The number of hydrogen-bond acceptors (Lipinski definition) is 4. The maximum atomic E-state index is 11.0. The molecule has 0 saturated heterocycles. The molecule has 0 aliphatic rings. The van der Waals surface area contributed by atoms with Gasteiger partial charge in [-0.1, -0.05) is 24.3 Å². The average molecular weight is 223 g/mol. The number of Topliss-reactive ketones (excluding diaryl/α,β-unsaturated/α-hetero) is 1. The molecule has 0 saturated carbocycles. The standard InChI is InChI=1S/C12H17NO3/c1-8(14)9-2-4-10(5-3-9)12(16)11(15)6-7-13/h2-5,11-12,15-16H,6-7,13H2,1H3. The van der Waals surface area contributed by atoms with Crippen LogP contribution in [0.1, 0.15) is 35.4 Å². The summed E-state index contributed by atoms with van der Waals surface area (Å²) in [5.41, 5.74) is 6.47. The number of ketones is 1. The maximum Gasteiger partial charge on any atom is 0.159 e. The van der Waals surface area contributed by atoms with Crippen LogP contribution < -0.4 is 5.73 Å². The topological polar surface area (TPSA) is 83.5 Å². The third-order valence-corrected chi connectivity index (χ3v) is 2.49. The summed E-state index contributed by atoms with van der Waals surface area (Å²) in [4.78, 5) is 11.0. The molecule has 0 bridgehead atoms. The van der Waals surface area contributed by atoms with Gasteiger partial charge in [0.15, 0.2) is 5.78 Å². The van der Waals surface area contributed by atoms with Crippen LogP contribution in [0, 0.1) is 0 Å². The normalized spacial score (nSPS) is 14.5. The molecule has 4 N–H and O–H groups in total. The molecular formula is C12H17NO3. The van der Waals surface area contributed by atoms with Crippen LogP contribution >= 0.6 is 0 Å². The smallest absolute Gasteiger partial charge is 0.159 e. The van der Waals surface area contributed by atoms with E-state index in [1.54, 1.807) is 24.3 Å². The Bertz CT molecular complexity index is 348. The molecule has 0 aromatic heterocycles. The van der Waals surface area contributed by atoms with Crippen molar-refractivity contribution in [1.82, 2.24) is 0 Å². The largest absolute Gasteiger partial charge is 0.390 e. The van der Waals surface area contributed by atoms with Gasteiger partial charge >= 0.3 is 0 Å². The second kappa shape index (κ2) is 5.75. The van der Waals surface area contributed by atoms with Gasteiger partial charge in [0.2, 0.25) is 0 Å². The lowest BCUT2D eigenvalue weighted by Crippen LogP contribution is -2.21. The molecule has 88 valence electrons. The molecular weight excluding hydrogens is 206 g/mol. The van der Waals surface area contributed by atoms with Gasteiger partial charge in [-0.25, -0.2) is 0 Å². The van der Waals surface area contributed by atoms with Crippen LogP contribution in [-0.2, 0) is 0 Å². The minimum atomic E-state index is -0.954. The third-order valence-electron chi connectivity index (χ3n) is 2.49. The number of rotatable bonds is 5. The number of aliphatic hydroxyl groups excluding tert-OH is 2. The zero-order valence-electron chi connectivity index (χ0n) is 9.26. The first-order valence-electron chi connectivity index (χ1n) is 5.23. The first kappa shape index (κ1) is 12.8. The Morgan fingerprint density at radius 2 is 1.88 bits per heavy atom. The van der Waals surface area contributed by atoms with Crippen LogP contribution in [0.25, 0.3) is 0 Å². The maximum absolute atomic E-state index is 11.0. The van der Waals surface area contributed by atoms with Crippen molar-refractivity contribution in [3.63, 3.8) is 0 Å². The lowest BCUT2D eigenvalue weighted by atomic mass is 10.00. The van der Waals surface area contributed by atoms with E-state index in [4.69, 9.17) is 5.73 Å². The highest BCUT2D eigenvalue weighted by Gasteiger charge is 2.17. The molecule has 1 aromatic rings. The number of hydrogen-bond donors (Lipinski definition) is 3. The lowest BCUT2D eigenvalue weighted by molar-refractivity contribution is 0.0150. The minimum absolute atomic E-state index is 0.0245. The Kier molecular flexibility index (Phi) is 4.61. The zero-order valence-corrected chi connectivity index (χ0v) is 9.26. The fourth-order valence-corrected chi connectivity index (χ4v) is 1.47. The molecule has 0 amide bonds. The predicted molar refractivity (Wildman–Crippen MR) is 61.1 cm³/mol. The van der Waals surface area contributed by atoms with Crippen molar-refractivity contribution in [2.45, 2.75) is 25.6 Å². The van der Waals surface area contributed by atoms with Gasteiger partial charge in [-0.15, -0.1) is 0 Å². The van der Waals surface area contributed by atoms with E-state index in [1.807, 2.05) is 0 Å². The number of nitrogens with two attached hydrogens (primary N) is 1. The van der Waals surface area contributed by atoms with E-state index >= 15 is 0 Å². The van der Waals surface area contributed by atoms with Crippen molar-refractivity contribution in [3.05, 3.63) is 35.4 Å². The number of carbonyl (C=O) groups excluding carboxylic acids is 1. The van der Waals surface area contributed by atoms with Crippen LogP contribution in [0.4, 0.5) is 0 Å². The summed E-state index contributed by atoms with van der Waals surface area (Å²) >= 11 is 0. The monoisotopic (exact) mass is 223 g/mol. The predicted octanol–water partition coefficient (Wildman–Crippen LogP) is 0.632. The van der Waals surface area contributed by atoms with Crippen LogP contribution in [-0.4, -0.2) is 28.6 Å². The van der Waals surface area contributed by atoms with E-state index in [1.165, 1.54) is 6.92 Å². The molecule has 1 rings (SSSR count). The fourth-order valence-electron chi connectivity index (χ4n) is 1.47. The highest BCUT2D eigenvalue weighted by Crippen LogP contribution is 2.19. The van der Waals surface area contributed by atoms with Gasteiger partial charge < -0.3 is 15.9 Å². The number of carbonyl (C=O) groups is 1. The Morgan fingerprint density at radius 1 is 1.31 bits per heavy atom. The highest BCUT2D eigenvalue weighted by atomic mass is 16.3. The number of aliphatic hydroxyl groups is 2. The average Bonchev–Trinajstić information content (AvgIpc) is 2.28. The van der Waals surface area contributed by atoms with Gasteiger partial charge in [0, 0.05) is 5.56 Å². The van der Waals surface area contributed by atoms with Crippen molar-refractivity contribution < 1.29 is 15.0 Å². The molecule has 0 aliphatic heterocycles. The van der Waals surface area contributed by atoms with Crippen molar-refractivity contribution >= 4 is 5.78 Å². The second-order valence-electron chi connectivity index (χ2n) is 3.77. The van der Waals surface area contributed by atoms with E-state index in [0.717, 1.165) is 0 Å². The van der Waals surface area contributed by atoms with Crippen molar-refractivity contribution in [2.75, 3.05) is 6.54 Å². The Balaban J connectivity index is 2.77. The summed E-state index contributed by atoms with van der Waals surface area (Å²) in [6.07, 6.45) is -1.48. The Morgan fingerprint density at radius 3 is 2.31 bits per heavy atom. The summed E-state index contributed by atoms with van der Waals surface area (Å²) in [5, 5.41) is 19.3. The highest BCUT2D eigenvalue weighted by molar-refractivity contribution is 5.94. The van der Waals surface area contributed by atoms with Crippen molar-refractivity contribution in [1.29, 1.82) is 0 Å². The first-order chi connectivity index (χ1) is 7.56. The summed E-state index contributed by atoms with van der Waals surface area (Å²) in [5.74, 6) is -0.0245. The fraction of sp³-hybridized carbons (Fsp3) is 0.417. The molecule has 0 fully saturated rings. The van der Waals surface area contributed by atoms with Gasteiger partial charge in [0.25, 0.3) is 0 Å². The summed E-state index contributed by atoms with van der Waals surface area (Å²) in [7, 11) is 0. The van der Waals surface area contributed by atoms with Gasteiger partial charge in [-0.05, 0) is 25.5 Å². The summed E-state index contributed by atoms with van der Waals surface area (Å²) in [6.45, 7) is 1.80. The van der Waals surface area contributed by atoms with Gasteiger partial charge in [0.05, 0.1) is 6.10 Å². The van der Waals surface area contributed by atoms with Crippen LogP contribution in [0.2, 0.25) is 0 Å². The van der Waals surface area contributed by atoms with Gasteiger partial charge in [0.1, 0.15) is 6.10 Å². The molecule has 4 nitrogen and oxygen atoms in total. The number of benzene rings is 1. The summed E-state index contributed by atoms with van der Waals surface area (Å²) in [6, 6.07) is 6.55. The molecule has 4 heteroatoms. The van der Waals surface area contributed by atoms with Gasteiger partial charge in [-0.2, -0.15) is 0 Å². The van der Waals surface area contributed by atoms with E-state index in [9.17, 15) is 15.0 Å². The molecule has 2 unspecified atom stereocenters. The Labute approximate surface area is 94.7 Å². The lowest BCUT2D eigenvalue weighted by Gasteiger charge is -2.17. The minimum Gasteiger partial charge on any atom is -0.390 e. The molecule has 0 radical (unpaired) electrons.